The lowest BCUT2D eigenvalue weighted by Gasteiger charge is -2.32. The van der Waals surface area contributed by atoms with Crippen molar-refractivity contribution in [2.75, 3.05) is 0 Å². The number of aliphatic carboxylic acids is 1. The van der Waals surface area contributed by atoms with E-state index in [2.05, 4.69) is 10.2 Å². The van der Waals surface area contributed by atoms with Gasteiger partial charge in [-0.15, -0.1) is 5.10 Å². The van der Waals surface area contributed by atoms with Gasteiger partial charge in [-0.25, -0.2) is 9.18 Å². The molecule has 2 aliphatic rings. The van der Waals surface area contributed by atoms with Crippen LogP contribution in [0.4, 0.5) is 4.39 Å². The number of benzene rings is 1. The number of fused-ring (bicyclic) bond motifs is 1. The maximum Gasteiger partial charge on any atom is 0.326 e. The second-order valence-electron chi connectivity index (χ2n) is 6.91. The zero-order valence-electron chi connectivity index (χ0n) is 14.1. The maximum atomic E-state index is 13.1. The Hall–Kier alpha value is -2.77. The summed E-state index contributed by atoms with van der Waals surface area (Å²) in [5.74, 6) is -1.51. The summed E-state index contributed by atoms with van der Waals surface area (Å²) >= 11 is 0. The third kappa shape index (κ3) is 2.85. The van der Waals surface area contributed by atoms with E-state index in [9.17, 15) is 19.1 Å². The molecule has 26 heavy (non-hydrogen) atoms. The fraction of sp³-hybridized carbons (Fsp3) is 0.444. The third-order valence-corrected chi connectivity index (χ3v) is 5.38. The van der Waals surface area contributed by atoms with Crippen molar-refractivity contribution >= 4 is 11.9 Å². The summed E-state index contributed by atoms with van der Waals surface area (Å²) < 4.78 is 13.1. The van der Waals surface area contributed by atoms with E-state index in [1.165, 1.54) is 40.2 Å². The van der Waals surface area contributed by atoms with Crippen molar-refractivity contribution in [3.8, 4) is 5.69 Å². The van der Waals surface area contributed by atoms with Crippen LogP contribution in [0.5, 0.6) is 0 Å². The van der Waals surface area contributed by atoms with Crippen LogP contribution < -0.4 is 0 Å². The Labute approximate surface area is 149 Å². The van der Waals surface area contributed by atoms with Crippen LogP contribution in [0, 0.1) is 11.7 Å². The quantitative estimate of drug-likeness (QED) is 0.909. The first kappa shape index (κ1) is 16.7. The molecule has 0 spiro atoms. The van der Waals surface area contributed by atoms with Crippen LogP contribution in [0.3, 0.4) is 0 Å². The summed E-state index contributed by atoms with van der Waals surface area (Å²) in [7, 11) is 0. The Kier molecular flexibility index (Phi) is 4.18. The smallest absolute Gasteiger partial charge is 0.326 e. The molecule has 0 radical (unpaired) electrons. The lowest BCUT2D eigenvalue weighted by molar-refractivity contribution is -0.141. The number of likely N-dealkylation sites (tertiary alicyclic amines) is 1. The van der Waals surface area contributed by atoms with Gasteiger partial charge in [-0.1, -0.05) is 12.8 Å². The Morgan fingerprint density at radius 1 is 1.15 bits per heavy atom. The first-order valence-corrected chi connectivity index (χ1v) is 8.78. The minimum absolute atomic E-state index is 0.0479. The Bertz CT molecular complexity index is 835. The van der Waals surface area contributed by atoms with Gasteiger partial charge >= 0.3 is 5.97 Å². The number of aromatic nitrogens is 3. The van der Waals surface area contributed by atoms with Crippen molar-refractivity contribution in [2.24, 2.45) is 5.92 Å². The van der Waals surface area contributed by atoms with Gasteiger partial charge in [0.2, 0.25) is 0 Å². The zero-order valence-corrected chi connectivity index (χ0v) is 14.1. The van der Waals surface area contributed by atoms with Gasteiger partial charge in [0.1, 0.15) is 11.9 Å². The second-order valence-corrected chi connectivity index (χ2v) is 6.91. The highest BCUT2D eigenvalue weighted by Crippen LogP contribution is 2.40. The average molecular weight is 358 g/mol. The van der Waals surface area contributed by atoms with Crippen molar-refractivity contribution in [1.29, 1.82) is 0 Å². The molecule has 2 aromatic rings. The summed E-state index contributed by atoms with van der Waals surface area (Å²) in [6.45, 7) is 0. The molecule has 1 aliphatic heterocycles. The average Bonchev–Trinajstić information content (AvgIpc) is 3.27. The number of carboxylic acid groups (broad SMARTS) is 1. The first-order valence-electron chi connectivity index (χ1n) is 8.78. The molecule has 136 valence electrons. The molecule has 0 bridgehead atoms. The van der Waals surface area contributed by atoms with Gasteiger partial charge < -0.3 is 10.0 Å². The lowest BCUT2D eigenvalue weighted by Crippen LogP contribution is -2.46. The number of rotatable bonds is 3. The molecule has 2 heterocycles. The van der Waals surface area contributed by atoms with Crippen molar-refractivity contribution in [1.82, 2.24) is 19.9 Å². The minimum Gasteiger partial charge on any atom is -0.480 e. The first-order chi connectivity index (χ1) is 12.5. The molecule has 1 amide bonds. The molecule has 3 atom stereocenters. The number of carbonyl (C=O) groups excluding carboxylic acids is 1. The fourth-order valence-electron chi connectivity index (χ4n) is 4.16. The largest absolute Gasteiger partial charge is 0.480 e. The summed E-state index contributed by atoms with van der Waals surface area (Å²) in [6, 6.07) is 4.73. The van der Waals surface area contributed by atoms with E-state index in [1.807, 2.05) is 0 Å². The molecule has 4 rings (SSSR count). The summed E-state index contributed by atoms with van der Waals surface area (Å²) in [5, 5.41) is 17.8. The normalized spacial score (nSPS) is 25.1. The maximum absolute atomic E-state index is 13.1. The molecule has 1 saturated carbocycles. The lowest BCUT2D eigenvalue weighted by atomic mass is 9.84. The molecule has 1 aromatic heterocycles. The van der Waals surface area contributed by atoms with Crippen molar-refractivity contribution < 1.29 is 19.1 Å². The van der Waals surface area contributed by atoms with Gasteiger partial charge in [0.15, 0.2) is 5.69 Å². The van der Waals surface area contributed by atoms with E-state index in [0.717, 1.165) is 25.7 Å². The zero-order chi connectivity index (χ0) is 18.3. The van der Waals surface area contributed by atoms with E-state index < -0.39 is 17.9 Å². The van der Waals surface area contributed by atoms with Crippen molar-refractivity contribution in [2.45, 2.75) is 44.2 Å². The molecule has 8 heteroatoms. The van der Waals surface area contributed by atoms with Gasteiger partial charge in [0.25, 0.3) is 5.91 Å². The van der Waals surface area contributed by atoms with Crippen molar-refractivity contribution in [3.63, 3.8) is 0 Å². The Morgan fingerprint density at radius 3 is 2.62 bits per heavy atom. The van der Waals surface area contributed by atoms with E-state index in [4.69, 9.17) is 0 Å². The Morgan fingerprint density at radius 2 is 1.88 bits per heavy atom. The predicted octanol–water partition coefficient (Wildman–Crippen LogP) is 2.26. The molecular weight excluding hydrogens is 339 g/mol. The number of hydrogen-bond acceptors (Lipinski definition) is 4. The van der Waals surface area contributed by atoms with E-state index in [1.54, 1.807) is 0 Å². The van der Waals surface area contributed by atoms with Gasteiger partial charge in [-0.05, 0) is 49.4 Å². The summed E-state index contributed by atoms with van der Waals surface area (Å²) in [4.78, 5) is 27.4. The highest BCUT2D eigenvalue weighted by atomic mass is 19.1. The standard InChI is InChI=1S/C18H19FN4O3/c19-12-5-7-13(8-6-12)23-20-10-14(21-23)17(24)22-15-4-2-1-3-11(15)9-16(22)18(25)26/h5-8,10-11,15-16H,1-4,9H2,(H,25,26). The number of carboxylic acids is 1. The number of halogens is 1. The monoisotopic (exact) mass is 358 g/mol. The van der Waals surface area contributed by atoms with Crippen LogP contribution in [-0.4, -0.2) is 49.0 Å². The molecule has 2 fully saturated rings. The van der Waals surface area contributed by atoms with Crippen LogP contribution in [0.25, 0.3) is 5.69 Å². The summed E-state index contributed by atoms with van der Waals surface area (Å²) in [5.41, 5.74) is 0.629. The highest BCUT2D eigenvalue weighted by Gasteiger charge is 2.48. The number of nitrogens with zero attached hydrogens (tertiary/aromatic N) is 4. The molecule has 1 saturated heterocycles. The number of hydrogen-bond donors (Lipinski definition) is 1. The SMILES string of the molecule is O=C(O)C1CC2CCCCC2N1C(=O)c1cnn(-c2ccc(F)cc2)n1. The summed E-state index contributed by atoms with van der Waals surface area (Å²) in [6.07, 6.45) is 5.70. The molecule has 1 N–H and O–H groups in total. The van der Waals surface area contributed by atoms with Crippen LogP contribution in [-0.2, 0) is 4.79 Å². The fourth-order valence-corrected chi connectivity index (χ4v) is 4.16. The van der Waals surface area contributed by atoms with Gasteiger partial charge in [0, 0.05) is 6.04 Å². The highest BCUT2D eigenvalue weighted by molar-refractivity contribution is 5.95. The number of amides is 1. The van der Waals surface area contributed by atoms with E-state index in [-0.39, 0.29) is 23.5 Å². The van der Waals surface area contributed by atoms with Gasteiger partial charge in [0.05, 0.1) is 11.9 Å². The minimum atomic E-state index is -0.973. The Balaban J connectivity index is 1.61. The van der Waals surface area contributed by atoms with Gasteiger partial charge in [-0.3, -0.25) is 4.79 Å². The van der Waals surface area contributed by atoms with Crippen LogP contribution in [0.15, 0.2) is 30.5 Å². The van der Waals surface area contributed by atoms with Crippen LogP contribution >= 0.6 is 0 Å². The molecule has 3 unspecified atom stereocenters. The molecule has 1 aromatic carbocycles. The predicted molar refractivity (Wildman–Crippen MR) is 89.3 cm³/mol. The topological polar surface area (TPSA) is 88.3 Å². The second kappa shape index (κ2) is 6.51. The molecule has 1 aliphatic carbocycles. The third-order valence-electron chi connectivity index (χ3n) is 5.38. The van der Waals surface area contributed by atoms with Crippen LogP contribution in [0.1, 0.15) is 42.6 Å². The molecular formula is C18H19FN4O3. The van der Waals surface area contributed by atoms with Crippen LogP contribution in [0.2, 0.25) is 0 Å². The number of carbonyl (C=O) groups is 2. The van der Waals surface area contributed by atoms with E-state index >= 15 is 0 Å². The van der Waals surface area contributed by atoms with Gasteiger partial charge in [-0.2, -0.15) is 9.90 Å². The van der Waals surface area contributed by atoms with E-state index in [0.29, 0.717) is 12.1 Å². The molecule has 7 nitrogen and oxygen atoms in total. The van der Waals surface area contributed by atoms with Crippen molar-refractivity contribution in [3.05, 3.63) is 42.0 Å².